The molecule has 19 heavy (non-hydrogen) atoms. The molecule has 0 spiro atoms. The number of ether oxygens (including phenoxy) is 1. The molecule has 2 aromatic carbocycles. The van der Waals surface area contributed by atoms with Gasteiger partial charge in [-0.25, -0.2) is 0 Å². The first kappa shape index (κ1) is 13.6. The Hall–Kier alpha value is -1.87. The second-order valence-electron chi connectivity index (χ2n) is 4.55. The van der Waals surface area contributed by atoms with E-state index >= 15 is 0 Å². The molecular formula is C16H18O3. The van der Waals surface area contributed by atoms with E-state index in [0.29, 0.717) is 6.42 Å². The maximum Gasteiger partial charge on any atom is 0.311 e. The van der Waals surface area contributed by atoms with Gasteiger partial charge in [0.15, 0.2) is 0 Å². The first-order valence-corrected chi connectivity index (χ1v) is 6.42. The number of carbonyl (C=O) groups is 1. The standard InChI is InChI=1S/C16H18O3/c1-3-12(16(18)19-2)15(17)14-10-6-8-11-7-4-5-9-13(11)14/h4-10,12,15,17H,3H2,1-2H3. The van der Waals surface area contributed by atoms with E-state index in [4.69, 9.17) is 4.74 Å². The van der Waals surface area contributed by atoms with Crippen molar-refractivity contribution in [3.05, 3.63) is 48.0 Å². The Labute approximate surface area is 112 Å². The minimum Gasteiger partial charge on any atom is -0.469 e. The highest BCUT2D eigenvalue weighted by Gasteiger charge is 2.28. The number of benzene rings is 2. The third-order valence-electron chi connectivity index (χ3n) is 3.47. The Bertz CT molecular complexity index is 572. The summed E-state index contributed by atoms with van der Waals surface area (Å²) in [7, 11) is 1.35. The van der Waals surface area contributed by atoms with E-state index < -0.39 is 12.0 Å². The highest BCUT2D eigenvalue weighted by molar-refractivity contribution is 5.86. The average Bonchev–Trinajstić information content (AvgIpc) is 2.47. The molecule has 0 amide bonds. The molecule has 2 rings (SSSR count). The van der Waals surface area contributed by atoms with Crippen LogP contribution in [0.3, 0.4) is 0 Å². The Morgan fingerprint density at radius 1 is 1.21 bits per heavy atom. The monoisotopic (exact) mass is 258 g/mol. The van der Waals surface area contributed by atoms with E-state index in [1.807, 2.05) is 49.4 Å². The maximum atomic E-state index is 11.7. The van der Waals surface area contributed by atoms with E-state index in [2.05, 4.69) is 0 Å². The highest BCUT2D eigenvalue weighted by atomic mass is 16.5. The summed E-state index contributed by atoms with van der Waals surface area (Å²) in [5.41, 5.74) is 0.773. The first-order valence-electron chi connectivity index (χ1n) is 6.42. The number of esters is 1. The lowest BCUT2D eigenvalue weighted by atomic mass is 9.90. The van der Waals surface area contributed by atoms with Gasteiger partial charge in [0, 0.05) is 0 Å². The van der Waals surface area contributed by atoms with Crippen LogP contribution in [0.4, 0.5) is 0 Å². The molecule has 0 radical (unpaired) electrons. The van der Waals surface area contributed by atoms with E-state index in [-0.39, 0.29) is 5.97 Å². The largest absolute Gasteiger partial charge is 0.469 e. The fourth-order valence-corrected chi connectivity index (χ4v) is 2.40. The molecule has 0 aromatic heterocycles. The molecule has 0 aliphatic carbocycles. The molecule has 2 unspecified atom stereocenters. The van der Waals surface area contributed by atoms with Crippen LogP contribution in [-0.4, -0.2) is 18.2 Å². The van der Waals surface area contributed by atoms with Gasteiger partial charge in [0.25, 0.3) is 0 Å². The van der Waals surface area contributed by atoms with Gasteiger partial charge in [0.2, 0.25) is 0 Å². The van der Waals surface area contributed by atoms with Gasteiger partial charge < -0.3 is 9.84 Å². The van der Waals surface area contributed by atoms with E-state index in [0.717, 1.165) is 16.3 Å². The smallest absolute Gasteiger partial charge is 0.311 e. The Kier molecular flexibility index (Phi) is 4.17. The fraction of sp³-hybridized carbons (Fsp3) is 0.312. The normalized spacial score (nSPS) is 14.1. The van der Waals surface area contributed by atoms with Crippen molar-refractivity contribution in [2.75, 3.05) is 7.11 Å². The minimum absolute atomic E-state index is 0.372. The van der Waals surface area contributed by atoms with Crippen molar-refractivity contribution < 1.29 is 14.6 Å². The number of carbonyl (C=O) groups excluding carboxylic acids is 1. The van der Waals surface area contributed by atoms with Crippen LogP contribution in [0.2, 0.25) is 0 Å². The molecule has 3 heteroatoms. The molecule has 0 heterocycles. The summed E-state index contributed by atoms with van der Waals surface area (Å²) < 4.78 is 4.76. The summed E-state index contributed by atoms with van der Waals surface area (Å²) in [6.07, 6.45) is -0.305. The van der Waals surface area contributed by atoms with E-state index in [9.17, 15) is 9.90 Å². The Morgan fingerprint density at radius 2 is 1.89 bits per heavy atom. The van der Waals surface area contributed by atoms with Crippen molar-refractivity contribution in [3.8, 4) is 0 Å². The van der Waals surface area contributed by atoms with Crippen molar-refractivity contribution in [1.29, 1.82) is 0 Å². The summed E-state index contributed by atoms with van der Waals surface area (Å²) >= 11 is 0. The zero-order valence-electron chi connectivity index (χ0n) is 11.2. The molecule has 0 bridgehead atoms. The molecule has 0 saturated carbocycles. The van der Waals surface area contributed by atoms with Gasteiger partial charge >= 0.3 is 5.97 Å². The van der Waals surface area contributed by atoms with Crippen molar-refractivity contribution in [2.24, 2.45) is 5.92 Å². The lowest BCUT2D eigenvalue weighted by Gasteiger charge is -2.21. The predicted octanol–water partition coefficient (Wildman–Crippen LogP) is 3.07. The van der Waals surface area contributed by atoms with Gasteiger partial charge in [-0.2, -0.15) is 0 Å². The molecule has 2 aromatic rings. The second kappa shape index (κ2) is 5.85. The van der Waals surface area contributed by atoms with Crippen LogP contribution < -0.4 is 0 Å². The summed E-state index contributed by atoms with van der Waals surface area (Å²) in [6, 6.07) is 13.6. The first-order chi connectivity index (χ1) is 9.19. The number of hydrogen-bond acceptors (Lipinski definition) is 3. The van der Waals surface area contributed by atoms with Gasteiger partial charge in [-0.05, 0) is 22.8 Å². The number of aliphatic hydroxyl groups excluding tert-OH is 1. The molecular weight excluding hydrogens is 240 g/mol. The molecule has 100 valence electrons. The quantitative estimate of drug-likeness (QED) is 0.857. The molecule has 1 N–H and O–H groups in total. The van der Waals surface area contributed by atoms with Crippen LogP contribution in [0.25, 0.3) is 10.8 Å². The molecule has 0 saturated heterocycles. The van der Waals surface area contributed by atoms with Gasteiger partial charge in [-0.15, -0.1) is 0 Å². The third kappa shape index (κ3) is 2.61. The Morgan fingerprint density at radius 3 is 2.58 bits per heavy atom. The van der Waals surface area contributed by atoms with Crippen LogP contribution in [0, 0.1) is 5.92 Å². The van der Waals surface area contributed by atoms with Crippen LogP contribution >= 0.6 is 0 Å². The number of rotatable bonds is 4. The third-order valence-corrected chi connectivity index (χ3v) is 3.47. The van der Waals surface area contributed by atoms with Gasteiger partial charge in [-0.1, -0.05) is 49.4 Å². The van der Waals surface area contributed by atoms with Crippen LogP contribution in [0.5, 0.6) is 0 Å². The topological polar surface area (TPSA) is 46.5 Å². The highest BCUT2D eigenvalue weighted by Crippen LogP contribution is 2.31. The van der Waals surface area contributed by atoms with Crippen molar-refractivity contribution in [2.45, 2.75) is 19.4 Å². The fourth-order valence-electron chi connectivity index (χ4n) is 2.40. The Balaban J connectivity index is 2.46. The summed E-state index contributed by atoms with van der Waals surface area (Å²) in [5, 5.41) is 12.5. The van der Waals surface area contributed by atoms with Crippen molar-refractivity contribution in [1.82, 2.24) is 0 Å². The molecule has 0 aliphatic rings. The molecule has 2 atom stereocenters. The van der Waals surface area contributed by atoms with Crippen LogP contribution in [0.15, 0.2) is 42.5 Å². The summed E-state index contributed by atoms with van der Waals surface area (Å²) in [6.45, 7) is 1.87. The molecule has 0 fully saturated rings. The van der Waals surface area contributed by atoms with Gasteiger partial charge in [-0.3, -0.25) is 4.79 Å². The lowest BCUT2D eigenvalue weighted by molar-refractivity contribution is -0.149. The number of fused-ring (bicyclic) bond motifs is 1. The van der Waals surface area contributed by atoms with Crippen LogP contribution in [-0.2, 0) is 9.53 Å². The molecule has 0 aliphatic heterocycles. The second-order valence-corrected chi connectivity index (χ2v) is 4.55. The van der Waals surface area contributed by atoms with Crippen LogP contribution in [0.1, 0.15) is 25.0 Å². The maximum absolute atomic E-state index is 11.7. The zero-order chi connectivity index (χ0) is 13.8. The van der Waals surface area contributed by atoms with Crippen molar-refractivity contribution >= 4 is 16.7 Å². The summed E-state index contributed by atoms with van der Waals surface area (Å²) in [5.74, 6) is -0.904. The molecule has 3 nitrogen and oxygen atoms in total. The number of aliphatic hydroxyl groups is 1. The van der Waals surface area contributed by atoms with E-state index in [1.54, 1.807) is 0 Å². The number of hydrogen-bond donors (Lipinski definition) is 1. The predicted molar refractivity (Wildman–Crippen MR) is 74.7 cm³/mol. The summed E-state index contributed by atoms with van der Waals surface area (Å²) in [4.78, 5) is 11.7. The lowest BCUT2D eigenvalue weighted by Crippen LogP contribution is -2.23. The number of methoxy groups -OCH3 is 1. The minimum atomic E-state index is -0.844. The SMILES string of the molecule is CCC(C(=O)OC)C(O)c1cccc2ccccc12. The average molecular weight is 258 g/mol. The van der Waals surface area contributed by atoms with Gasteiger partial charge in [0.1, 0.15) is 0 Å². The van der Waals surface area contributed by atoms with E-state index in [1.165, 1.54) is 7.11 Å². The van der Waals surface area contributed by atoms with Gasteiger partial charge in [0.05, 0.1) is 19.1 Å². The van der Waals surface area contributed by atoms with Crippen molar-refractivity contribution in [3.63, 3.8) is 0 Å². The zero-order valence-corrected chi connectivity index (χ0v) is 11.2.